The van der Waals surface area contributed by atoms with Crippen molar-refractivity contribution in [2.45, 2.75) is 33.1 Å². The Hall–Kier alpha value is -2.95. The van der Waals surface area contributed by atoms with Crippen LogP contribution in [-0.2, 0) is 19.3 Å². The van der Waals surface area contributed by atoms with Crippen molar-refractivity contribution in [3.05, 3.63) is 57.9 Å². The molecule has 0 atom stereocenters. The van der Waals surface area contributed by atoms with E-state index in [1.165, 1.54) is 6.07 Å². The fourth-order valence-electron chi connectivity index (χ4n) is 2.84. The number of nitrogens with one attached hydrogen (secondary N) is 2. The van der Waals surface area contributed by atoms with Crippen molar-refractivity contribution in [1.29, 1.82) is 0 Å². The lowest BCUT2D eigenvalue weighted by Crippen LogP contribution is -2.27. The molecular weight excluding hydrogens is 393 g/mol. The number of carbonyl (C=O) groups excluding carboxylic acids is 1. The van der Waals surface area contributed by atoms with Crippen LogP contribution >= 0.6 is 12.2 Å². The first-order valence-electron chi connectivity index (χ1n) is 8.37. The molecule has 0 fully saturated rings. The van der Waals surface area contributed by atoms with E-state index >= 15 is 0 Å². The summed E-state index contributed by atoms with van der Waals surface area (Å²) in [6.07, 6.45) is -3.85. The molecule has 0 saturated heterocycles. The molecule has 0 bridgehead atoms. The third kappa shape index (κ3) is 3.70. The van der Waals surface area contributed by atoms with E-state index in [4.69, 9.17) is 12.2 Å². The first kappa shape index (κ1) is 19.8. The highest BCUT2D eigenvalue weighted by Gasteiger charge is 2.40. The number of rotatable bonds is 5. The van der Waals surface area contributed by atoms with Crippen LogP contribution < -0.4 is 5.32 Å². The summed E-state index contributed by atoms with van der Waals surface area (Å²) in [5, 5.41) is 12.8. The van der Waals surface area contributed by atoms with Crippen molar-refractivity contribution in [2.24, 2.45) is 0 Å². The number of halogens is 3. The Kier molecular flexibility index (Phi) is 5.36. The molecule has 2 N–H and O–H groups in total. The molecule has 1 aromatic carbocycles. The van der Waals surface area contributed by atoms with Crippen LogP contribution in [0.4, 0.5) is 13.2 Å². The third-order valence-corrected chi connectivity index (χ3v) is 4.50. The van der Waals surface area contributed by atoms with Crippen LogP contribution in [0.15, 0.2) is 30.5 Å². The van der Waals surface area contributed by atoms with Crippen molar-refractivity contribution in [3.8, 4) is 5.69 Å². The van der Waals surface area contributed by atoms with Crippen LogP contribution in [0.1, 0.15) is 34.4 Å². The third-order valence-electron chi connectivity index (χ3n) is 4.19. The minimum atomic E-state index is -4.77. The van der Waals surface area contributed by atoms with E-state index < -0.39 is 23.3 Å². The summed E-state index contributed by atoms with van der Waals surface area (Å²) in [6.45, 7) is 3.95. The van der Waals surface area contributed by atoms with Crippen molar-refractivity contribution in [2.75, 3.05) is 0 Å². The molecule has 0 unspecified atom stereocenters. The zero-order chi connectivity index (χ0) is 20.5. The van der Waals surface area contributed by atoms with E-state index in [1.54, 1.807) is 29.7 Å². The molecule has 0 saturated carbocycles. The maximum atomic E-state index is 13.7. The molecule has 28 heavy (non-hydrogen) atoms. The molecule has 1 amide bonds. The summed E-state index contributed by atoms with van der Waals surface area (Å²) in [5.41, 5.74) is -0.844. The second-order valence-corrected chi connectivity index (χ2v) is 6.36. The number of aryl methyl sites for hydroxylation is 1. The van der Waals surface area contributed by atoms with Crippen molar-refractivity contribution >= 4 is 18.1 Å². The van der Waals surface area contributed by atoms with Crippen LogP contribution in [0, 0.1) is 11.7 Å². The Morgan fingerprint density at radius 2 is 2.04 bits per heavy atom. The number of hydrogen-bond acceptors (Lipinski definition) is 4. The number of aromatic amines is 1. The lowest BCUT2D eigenvalue weighted by Gasteiger charge is -2.14. The van der Waals surface area contributed by atoms with Crippen LogP contribution in [0.3, 0.4) is 0 Å². The average Bonchev–Trinajstić information content (AvgIpc) is 3.23. The van der Waals surface area contributed by atoms with E-state index in [1.807, 2.05) is 6.92 Å². The number of carbonyl (C=O) groups is 1. The second-order valence-electron chi connectivity index (χ2n) is 5.97. The molecule has 0 aliphatic rings. The lowest BCUT2D eigenvalue weighted by atomic mass is 10.1. The highest BCUT2D eigenvalue weighted by Crippen LogP contribution is 2.34. The number of aromatic nitrogens is 5. The number of H-pyrrole nitrogens is 1. The van der Waals surface area contributed by atoms with Gasteiger partial charge in [0.05, 0.1) is 24.0 Å². The number of nitrogens with zero attached hydrogens (tertiary/aromatic N) is 4. The molecule has 0 aliphatic carbocycles. The summed E-state index contributed by atoms with van der Waals surface area (Å²) in [4.78, 5) is 12.5. The molecule has 148 valence electrons. The number of amides is 1. The molecule has 0 aliphatic heterocycles. The van der Waals surface area contributed by atoms with Gasteiger partial charge in [0.1, 0.15) is 0 Å². The maximum absolute atomic E-state index is 13.7. The summed E-state index contributed by atoms with van der Waals surface area (Å²) in [6, 6.07) is 6.50. The van der Waals surface area contributed by atoms with Gasteiger partial charge in [0, 0.05) is 6.54 Å². The van der Waals surface area contributed by atoms with Gasteiger partial charge >= 0.3 is 6.18 Å². The van der Waals surface area contributed by atoms with Crippen molar-refractivity contribution in [1.82, 2.24) is 29.9 Å². The normalized spacial score (nSPS) is 11.6. The fourth-order valence-corrected chi connectivity index (χ4v) is 3.12. The standard InChI is InChI=1S/C17H17F3N6OS/c1-3-25-13(23-24-16(25)28)9-21-15(27)11-8-22-26(14(11)17(18,19)20)12-7-5-4-6-10(12)2/h4-8H,3,9H2,1-2H3,(H,21,27)(H,24,28). The topological polar surface area (TPSA) is 80.5 Å². The molecule has 3 rings (SSSR count). The highest BCUT2D eigenvalue weighted by atomic mass is 32.1. The van der Waals surface area contributed by atoms with Gasteiger partial charge in [-0.2, -0.15) is 23.4 Å². The van der Waals surface area contributed by atoms with E-state index in [0.29, 0.717) is 22.7 Å². The van der Waals surface area contributed by atoms with E-state index in [9.17, 15) is 18.0 Å². The van der Waals surface area contributed by atoms with Gasteiger partial charge in [-0.25, -0.2) is 4.68 Å². The van der Waals surface area contributed by atoms with Gasteiger partial charge in [-0.1, -0.05) is 18.2 Å². The summed E-state index contributed by atoms with van der Waals surface area (Å²) in [7, 11) is 0. The predicted octanol–water partition coefficient (Wildman–Crippen LogP) is 3.40. The SMILES string of the molecule is CCn1c(CNC(=O)c2cnn(-c3ccccc3C)c2C(F)(F)F)n[nH]c1=S. The molecule has 0 spiro atoms. The maximum Gasteiger partial charge on any atom is 0.434 e. The van der Waals surface area contributed by atoms with Crippen LogP contribution in [0.25, 0.3) is 5.69 Å². The van der Waals surface area contributed by atoms with Gasteiger partial charge in [-0.3, -0.25) is 9.89 Å². The quantitative estimate of drug-likeness (QED) is 0.632. The molecule has 7 nitrogen and oxygen atoms in total. The predicted molar refractivity (Wildman–Crippen MR) is 97.6 cm³/mol. The van der Waals surface area contributed by atoms with Crippen molar-refractivity contribution < 1.29 is 18.0 Å². The number of benzene rings is 1. The Labute approximate surface area is 163 Å². The highest BCUT2D eigenvalue weighted by molar-refractivity contribution is 7.71. The lowest BCUT2D eigenvalue weighted by molar-refractivity contribution is -0.143. The molecule has 0 radical (unpaired) electrons. The van der Waals surface area contributed by atoms with Gasteiger partial charge in [-0.15, -0.1) is 0 Å². The first-order valence-corrected chi connectivity index (χ1v) is 8.78. The fraction of sp³-hybridized carbons (Fsp3) is 0.294. The Bertz CT molecular complexity index is 1070. The first-order chi connectivity index (χ1) is 13.2. The Morgan fingerprint density at radius 1 is 1.32 bits per heavy atom. The Balaban J connectivity index is 1.94. The molecule has 3 aromatic rings. The number of alkyl halides is 3. The zero-order valence-corrected chi connectivity index (χ0v) is 15.9. The van der Waals surface area contributed by atoms with Gasteiger partial charge in [0.15, 0.2) is 16.3 Å². The monoisotopic (exact) mass is 410 g/mol. The summed E-state index contributed by atoms with van der Waals surface area (Å²) >= 11 is 5.05. The largest absolute Gasteiger partial charge is 0.434 e. The number of para-hydroxylation sites is 1. The number of hydrogen-bond donors (Lipinski definition) is 2. The van der Waals surface area contributed by atoms with Gasteiger partial charge < -0.3 is 9.88 Å². The minimum absolute atomic E-state index is 0.0767. The van der Waals surface area contributed by atoms with E-state index in [-0.39, 0.29) is 12.2 Å². The van der Waals surface area contributed by atoms with Gasteiger partial charge in [-0.05, 0) is 37.7 Å². The van der Waals surface area contributed by atoms with Gasteiger partial charge in [0.25, 0.3) is 5.91 Å². The minimum Gasteiger partial charge on any atom is -0.345 e. The van der Waals surface area contributed by atoms with Gasteiger partial charge in [0.2, 0.25) is 0 Å². The van der Waals surface area contributed by atoms with Crippen LogP contribution in [0.5, 0.6) is 0 Å². The Morgan fingerprint density at radius 3 is 2.68 bits per heavy atom. The van der Waals surface area contributed by atoms with E-state index in [0.717, 1.165) is 10.9 Å². The molecule has 2 aromatic heterocycles. The second kappa shape index (κ2) is 7.58. The molecule has 2 heterocycles. The smallest absolute Gasteiger partial charge is 0.345 e. The zero-order valence-electron chi connectivity index (χ0n) is 15.0. The summed E-state index contributed by atoms with van der Waals surface area (Å²) in [5.74, 6) is -0.482. The average molecular weight is 410 g/mol. The summed E-state index contributed by atoms with van der Waals surface area (Å²) < 4.78 is 43.9. The van der Waals surface area contributed by atoms with E-state index in [2.05, 4.69) is 20.6 Å². The molecular formula is C17H17F3N6OS. The molecule has 11 heteroatoms. The van der Waals surface area contributed by atoms with Crippen molar-refractivity contribution in [3.63, 3.8) is 0 Å². The van der Waals surface area contributed by atoms with Crippen LogP contribution in [0.2, 0.25) is 0 Å². The van der Waals surface area contributed by atoms with Crippen LogP contribution in [-0.4, -0.2) is 30.5 Å².